The number of fused-ring (bicyclic) bond motifs is 1. The molecule has 0 saturated carbocycles. The van der Waals surface area contributed by atoms with Crippen LogP contribution < -0.4 is 10.2 Å². The molecule has 5 rings (SSSR count). The second-order valence-corrected chi connectivity index (χ2v) is 11.7. The second kappa shape index (κ2) is 10.5. The molecule has 1 fully saturated rings. The first kappa shape index (κ1) is 26.4. The zero-order valence-electron chi connectivity index (χ0n) is 22.9. The summed E-state index contributed by atoms with van der Waals surface area (Å²) in [6.45, 7) is 14.3. The Balaban J connectivity index is 1.36. The molecule has 0 radical (unpaired) electrons. The highest BCUT2D eigenvalue weighted by Gasteiger charge is 2.34. The average molecular weight is 522 g/mol. The number of likely N-dealkylation sites (N-methyl/N-ethyl adjacent to an activating group) is 1. The number of piperazine rings is 1. The molecule has 4 heterocycles. The summed E-state index contributed by atoms with van der Waals surface area (Å²) >= 11 is 0. The molecule has 0 spiro atoms. The van der Waals surface area contributed by atoms with Crippen LogP contribution in [0.15, 0.2) is 36.7 Å². The van der Waals surface area contributed by atoms with Crippen LogP contribution in [0.5, 0.6) is 0 Å². The largest absolute Gasteiger partial charge is 0.368 e. The first-order valence-corrected chi connectivity index (χ1v) is 13.3. The number of anilines is 3. The van der Waals surface area contributed by atoms with Gasteiger partial charge in [0.15, 0.2) is 5.82 Å². The summed E-state index contributed by atoms with van der Waals surface area (Å²) in [6, 6.07) is 7.33. The number of nitrogens with one attached hydrogen (secondary N) is 1. The third-order valence-corrected chi connectivity index (χ3v) is 7.44. The summed E-state index contributed by atoms with van der Waals surface area (Å²) in [6.07, 6.45) is 3.59. The van der Waals surface area contributed by atoms with Crippen molar-refractivity contribution in [1.29, 1.82) is 0 Å². The van der Waals surface area contributed by atoms with Crippen LogP contribution in [0.3, 0.4) is 0 Å². The number of rotatable bonds is 6. The van der Waals surface area contributed by atoms with Crippen molar-refractivity contribution in [3.8, 4) is 11.3 Å². The molecule has 7 nitrogen and oxygen atoms in total. The van der Waals surface area contributed by atoms with Crippen LogP contribution in [-0.4, -0.2) is 70.6 Å². The summed E-state index contributed by atoms with van der Waals surface area (Å²) in [4.78, 5) is 20.0. The van der Waals surface area contributed by atoms with Gasteiger partial charge in [0.2, 0.25) is 5.95 Å². The lowest BCUT2D eigenvalue weighted by Crippen LogP contribution is -2.44. The van der Waals surface area contributed by atoms with E-state index >= 15 is 4.39 Å². The predicted molar refractivity (Wildman–Crippen MR) is 148 cm³/mol. The molecule has 2 aromatic heterocycles. The van der Waals surface area contributed by atoms with Crippen molar-refractivity contribution in [3.63, 3.8) is 0 Å². The Labute approximate surface area is 223 Å². The van der Waals surface area contributed by atoms with Crippen molar-refractivity contribution in [3.05, 3.63) is 59.4 Å². The number of pyridine rings is 1. The van der Waals surface area contributed by atoms with Crippen LogP contribution in [0.4, 0.5) is 26.2 Å². The third kappa shape index (κ3) is 5.78. The number of hydrogen-bond acceptors (Lipinski definition) is 7. The first-order valence-electron chi connectivity index (χ1n) is 13.3. The predicted octanol–water partition coefficient (Wildman–Crippen LogP) is 5.10. The molecule has 2 aliphatic rings. The lowest BCUT2D eigenvalue weighted by Gasteiger charge is -2.43. The van der Waals surface area contributed by atoms with Crippen molar-refractivity contribution in [1.82, 2.24) is 24.8 Å². The molecule has 202 valence electrons. The topological polar surface area (TPSA) is 60.4 Å². The van der Waals surface area contributed by atoms with Gasteiger partial charge in [-0.25, -0.2) is 23.7 Å². The zero-order valence-corrected chi connectivity index (χ0v) is 22.9. The Morgan fingerprint density at radius 1 is 1.00 bits per heavy atom. The van der Waals surface area contributed by atoms with Crippen LogP contribution in [0.2, 0.25) is 0 Å². The Morgan fingerprint density at radius 2 is 1.76 bits per heavy atom. The Bertz CT molecular complexity index is 1280. The van der Waals surface area contributed by atoms with E-state index in [1.54, 1.807) is 0 Å². The maximum absolute atomic E-state index is 15.4. The molecule has 9 heteroatoms. The molecule has 1 N–H and O–H groups in total. The summed E-state index contributed by atoms with van der Waals surface area (Å²) in [7, 11) is 2.14. The van der Waals surface area contributed by atoms with E-state index in [9.17, 15) is 4.39 Å². The summed E-state index contributed by atoms with van der Waals surface area (Å²) < 4.78 is 30.3. The fourth-order valence-electron chi connectivity index (χ4n) is 5.33. The second-order valence-electron chi connectivity index (χ2n) is 11.7. The van der Waals surface area contributed by atoms with Gasteiger partial charge < -0.3 is 15.1 Å². The van der Waals surface area contributed by atoms with E-state index in [1.807, 2.05) is 24.4 Å². The van der Waals surface area contributed by atoms with Gasteiger partial charge in [-0.15, -0.1) is 0 Å². The molecular formula is C29H37F2N7. The highest BCUT2D eigenvalue weighted by Crippen LogP contribution is 2.41. The average Bonchev–Trinajstić information content (AvgIpc) is 2.87. The van der Waals surface area contributed by atoms with E-state index in [-0.39, 0.29) is 28.9 Å². The van der Waals surface area contributed by atoms with Gasteiger partial charge in [-0.2, -0.15) is 0 Å². The smallest absolute Gasteiger partial charge is 0.229 e. The fourth-order valence-corrected chi connectivity index (χ4v) is 5.33. The minimum absolute atomic E-state index is 0.0517. The summed E-state index contributed by atoms with van der Waals surface area (Å²) in [5, 5.41) is 3.07. The molecular weight excluding hydrogens is 484 g/mol. The van der Waals surface area contributed by atoms with Crippen molar-refractivity contribution in [2.45, 2.75) is 46.7 Å². The van der Waals surface area contributed by atoms with E-state index in [2.05, 4.69) is 69.7 Å². The number of nitrogens with zero attached hydrogens (tertiary/aromatic N) is 6. The quantitative estimate of drug-likeness (QED) is 0.484. The van der Waals surface area contributed by atoms with E-state index in [1.165, 1.54) is 6.07 Å². The van der Waals surface area contributed by atoms with Crippen LogP contribution in [0, 0.1) is 17.0 Å². The minimum Gasteiger partial charge on any atom is -0.368 e. The normalized spacial score (nSPS) is 18.1. The van der Waals surface area contributed by atoms with E-state index in [0.29, 0.717) is 23.4 Å². The SMILES string of the molecule is CC(C)N1CC(C)(C)Cc2c(F)cc(-c3nc(Nc4ccc(CN5CCN(C)CC5)cn4)ncc3F)cc21. The van der Waals surface area contributed by atoms with Crippen molar-refractivity contribution in [2.24, 2.45) is 5.41 Å². The summed E-state index contributed by atoms with van der Waals surface area (Å²) in [5.41, 5.74) is 3.01. The van der Waals surface area contributed by atoms with Crippen molar-refractivity contribution >= 4 is 17.5 Å². The standard InChI is InChI=1S/C29H37F2N7/c1-19(2)38-18-29(3,4)14-22-23(30)12-21(13-25(22)38)27-24(31)16-33-28(35-27)34-26-7-6-20(15-32-26)17-37-10-8-36(5)9-11-37/h6-7,12-13,15-16,19H,8-11,14,17-18H2,1-5H3,(H,32,33,34,35). The number of hydrogen-bond donors (Lipinski definition) is 1. The molecule has 0 atom stereocenters. The van der Waals surface area contributed by atoms with Crippen molar-refractivity contribution in [2.75, 3.05) is 50.0 Å². The number of halogens is 2. The Morgan fingerprint density at radius 3 is 2.45 bits per heavy atom. The van der Waals surface area contributed by atoms with Gasteiger partial charge in [-0.3, -0.25) is 4.90 Å². The lowest BCUT2D eigenvalue weighted by molar-refractivity contribution is 0.148. The van der Waals surface area contributed by atoms with Crippen LogP contribution in [0.1, 0.15) is 38.8 Å². The Hall–Kier alpha value is -3.17. The van der Waals surface area contributed by atoms with Gasteiger partial charge in [0, 0.05) is 68.3 Å². The van der Waals surface area contributed by atoms with Gasteiger partial charge in [0.05, 0.1) is 6.20 Å². The molecule has 1 aromatic carbocycles. The van der Waals surface area contributed by atoms with Gasteiger partial charge in [-0.05, 0) is 56.5 Å². The van der Waals surface area contributed by atoms with Gasteiger partial charge in [0.25, 0.3) is 0 Å². The number of aromatic nitrogens is 3. The molecule has 38 heavy (non-hydrogen) atoms. The Kier molecular flexibility index (Phi) is 7.33. The molecule has 3 aromatic rings. The van der Waals surface area contributed by atoms with Crippen LogP contribution in [0.25, 0.3) is 11.3 Å². The zero-order chi connectivity index (χ0) is 27.0. The molecule has 0 bridgehead atoms. The maximum Gasteiger partial charge on any atom is 0.229 e. The van der Waals surface area contributed by atoms with E-state index in [0.717, 1.165) is 56.7 Å². The number of benzene rings is 1. The van der Waals surface area contributed by atoms with Crippen molar-refractivity contribution < 1.29 is 8.78 Å². The molecule has 0 aliphatic carbocycles. The first-order chi connectivity index (χ1) is 18.1. The van der Waals surface area contributed by atoms with E-state index in [4.69, 9.17) is 0 Å². The molecule has 0 unspecified atom stereocenters. The van der Waals surface area contributed by atoms with Gasteiger partial charge in [0.1, 0.15) is 17.3 Å². The van der Waals surface area contributed by atoms with E-state index < -0.39 is 5.82 Å². The monoisotopic (exact) mass is 521 g/mol. The van der Waals surface area contributed by atoms with Gasteiger partial charge >= 0.3 is 0 Å². The van der Waals surface area contributed by atoms with Crippen LogP contribution >= 0.6 is 0 Å². The maximum atomic E-state index is 15.4. The highest BCUT2D eigenvalue weighted by atomic mass is 19.1. The molecule has 0 amide bonds. The molecule has 2 aliphatic heterocycles. The third-order valence-electron chi connectivity index (χ3n) is 7.44. The molecule has 1 saturated heterocycles. The fraction of sp³-hybridized carbons (Fsp3) is 0.483. The summed E-state index contributed by atoms with van der Waals surface area (Å²) in [5.74, 6) is -0.158. The van der Waals surface area contributed by atoms with Gasteiger partial charge in [-0.1, -0.05) is 19.9 Å². The minimum atomic E-state index is -0.599. The lowest BCUT2D eigenvalue weighted by atomic mass is 9.80. The highest BCUT2D eigenvalue weighted by molar-refractivity contribution is 5.71. The van der Waals surface area contributed by atoms with Crippen LogP contribution in [-0.2, 0) is 13.0 Å².